The van der Waals surface area contributed by atoms with E-state index in [2.05, 4.69) is 5.32 Å². The quantitative estimate of drug-likeness (QED) is 0.753. The van der Waals surface area contributed by atoms with Crippen LogP contribution in [-0.4, -0.2) is 53.0 Å². The average molecular weight is 281 g/mol. The van der Waals surface area contributed by atoms with Crippen LogP contribution in [0.25, 0.3) is 0 Å². The van der Waals surface area contributed by atoms with Crippen molar-refractivity contribution in [3.63, 3.8) is 0 Å². The summed E-state index contributed by atoms with van der Waals surface area (Å²) in [5, 5.41) is 3.99. The van der Waals surface area contributed by atoms with E-state index >= 15 is 0 Å². The fourth-order valence-electron chi connectivity index (χ4n) is 2.80. The maximum atomic E-state index is 12.4. The molecule has 20 heavy (non-hydrogen) atoms. The van der Waals surface area contributed by atoms with E-state index in [0.29, 0.717) is 13.2 Å². The van der Waals surface area contributed by atoms with Gasteiger partial charge < -0.3 is 5.32 Å². The molecule has 2 aliphatic heterocycles. The smallest absolute Gasteiger partial charge is 0.323 e. The van der Waals surface area contributed by atoms with Crippen LogP contribution in [0.3, 0.4) is 0 Å². The fourth-order valence-corrected chi connectivity index (χ4v) is 2.80. The highest BCUT2D eigenvalue weighted by molar-refractivity contribution is 6.09. The highest BCUT2D eigenvalue weighted by Gasteiger charge is 2.56. The van der Waals surface area contributed by atoms with Gasteiger partial charge in [-0.2, -0.15) is 0 Å². The van der Waals surface area contributed by atoms with E-state index in [0.717, 1.165) is 30.6 Å². The molecule has 3 aliphatic rings. The van der Waals surface area contributed by atoms with Gasteiger partial charge in [0.1, 0.15) is 12.1 Å². The first-order valence-corrected chi connectivity index (χ1v) is 7.10. The zero-order valence-corrected chi connectivity index (χ0v) is 11.6. The van der Waals surface area contributed by atoms with Crippen molar-refractivity contribution in [2.24, 2.45) is 5.92 Å². The first kappa shape index (κ1) is 13.4. The van der Waals surface area contributed by atoms with E-state index in [9.17, 15) is 14.4 Å². The van der Waals surface area contributed by atoms with Crippen molar-refractivity contribution >= 4 is 17.8 Å². The Bertz CT molecular complexity index is 457. The van der Waals surface area contributed by atoms with Crippen molar-refractivity contribution in [3.8, 4) is 0 Å². The molecule has 7 heteroatoms. The van der Waals surface area contributed by atoms with E-state index in [-0.39, 0.29) is 24.3 Å². The summed E-state index contributed by atoms with van der Waals surface area (Å²) in [6.07, 6.45) is 3.69. The van der Waals surface area contributed by atoms with Crippen LogP contribution in [-0.2, 0) is 14.4 Å². The first-order chi connectivity index (χ1) is 9.52. The summed E-state index contributed by atoms with van der Waals surface area (Å²) in [6.45, 7) is 2.52. The maximum absolute atomic E-state index is 12.4. The number of hydrogen-bond donors (Lipinski definition) is 1. The second-order valence-corrected chi connectivity index (χ2v) is 5.83. The van der Waals surface area contributed by atoms with Crippen molar-refractivity contribution < 1.29 is 19.2 Å². The Balaban J connectivity index is 1.66. The summed E-state index contributed by atoms with van der Waals surface area (Å²) >= 11 is 0. The molecule has 3 rings (SSSR count). The Morgan fingerprint density at radius 1 is 1.40 bits per heavy atom. The van der Waals surface area contributed by atoms with Gasteiger partial charge in [-0.25, -0.2) is 9.86 Å². The van der Waals surface area contributed by atoms with Crippen molar-refractivity contribution in [1.82, 2.24) is 15.3 Å². The maximum Gasteiger partial charge on any atom is 0.325 e. The molecular weight excluding hydrogens is 262 g/mol. The van der Waals surface area contributed by atoms with Gasteiger partial charge in [0.15, 0.2) is 0 Å². The number of carbonyl (C=O) groups excluding carboxylic acids is 3. The minimum Gasteiger partial charge on any atom is -0.323 e. The van der Waals surface area contributed by atoms with Crippen molar-refractivity contribution in [2.75, 3.05) is 19.7 Å². The van der Waals surface area contributed by atoms with Crippen molar-refractivity contribution in [2.45, 2.75) is 38.1 Å². The summed E-state index contributed by atoms with van der Waals surface area (Å²) in [4.78, 5) is 42.6. The van der Waals surface area contributed by atoms with Gasteiger partial charge in [-0.1, -0.05) is 0 Å². The molecule has 1 saturated carbocycles. The molecule has 0 aromatic heterocycles. The van der Waals surface area contributed by atoms with Gasteiger partial charge in [0, 0.05) is 6.54 Å². The van der Waals surface area contributed by atoms with E-state index in [1.807, 2.05) is 0 Å². The van der Waals surface area contributed by atoms with Crippen molar-refractivity contribution in [1.29, 1.82) is 0 Å². The molecule has 1 atom stereocenters. The minimum absolute atomic E-state index is 0.199. The molecule has 7 nitrogen and oxygen atoms in total. The van der Waals surface area contributed by atoms with E-state index in [4.69, 9.17) is 4.84 Å². The summed E-state index contributed by atoms with van der Waals surface area (Å²) < 4.78 is 0. The SMILES string of the molecule is CC1(C2CC2)NC(=O)N(CC(=O)N2CCCCO2)C1=O. The lowest BCUT2D eigenvalue weighted by molar-refractivity contribution is -0.197. The Labute approximate surface area is 117 Å². The lowest BCUT2D eigenvalue weighted by Crippen LogP contribution is -2.47. The Hall–Kier alpha value is -1.63. The van der Waals surface area contributed by atoms with Gasteiger partial charge in [0.25, 0.3) is 11.8 Å². The number of urea groups is 1. The highest BCUT2D eigenvalue weighted by Crippen LogP contribution is 2.42. The van der Waals surface area contributed by atoms with Gasteiger partial charge >= 0.3 is 6.03 Å². The summed E-state index contributed by atoms with van der Waals surface area (Å²) in [5.41, 5.74) is -0.833. The van der Waals surface area contributed by atoms with Gasteiger partial charge in [0.2, 0.25) is 0 Å². The number of carbonyl (C=O) groups is 3. The Morgan fingerprint density at radius 2 is 2.15 bits per heavy atom. The normalized spacial score (nSPS) is 30.6. The number of imide groups is 1. The molecule has 2 heterocycles. The second kappa shape index (κ2) is 4.73. The lowest BCUT2D eigenvalue weighted by atomic mass is 9.96. The second-order valence-electron chi connectivity index (χ2n) is 5.83. The molecule has 1 aliphatic carbocycles. The first-order valence-electron chi connectivity index (χ1n) is 7.10. The van der Waals surface area contributed by atoms with Crippen molar-refractivity contribution in [3.05, 3.63) is 0 Å². The lowest BCUT2D eigenvalue weighted by Gasteiger charge is -2.27. The zero-order valence-electron chi connectivity index (χ0n) is 11.6. The Morgan fingerprint density at radius 3 is 2.75 bits per heavy atom. The predicted molar refractivity (Wildman–Crippen MR) is 68.3 cm³/mol. The van der Waals surface area contributed by atoms with Gasteiger partial charge in [0.05, 0.1) is 6.61 Å². The molecule has 0 spiro atoms. The van der Waals surface area contributed by atoms with Crippen LogP contribution in [0.5, 0.6) is 0 Å². The number of nitrogens with one attached hydrogen (secondary N) is 1. The third-order valence-electron chi connectivity index (χ3n) is 4.27. The molecule has 2 saturated heterocycles. The number of hydroxylamine groups is 2. The third-order valence-corrected chi connectivity index (χ3v) is 4.27. The number of rotatable bonds is 3. The largest absolute Gasteiger partial charge is 0.325 e. The molecule has 1 N–H and O–H groups in total. The minimum atomic E-state index is -0.833. The Kier molecular flexibility index (Phi) is 3.16. The van der Waals surface area contributed by atoms with Crippen LogP contribution in [0.2, 0.25) is 0 Å². The standard InChI is InChI=1S/C13H19N3O4/c1-13(9-4-5-9)11(18)15(12(19)14-13)8-10(17)16-6-2-3-7-20-16/h9H,2-8H2,1H3,(H,14,19). The van der Waals surface area contributed by atoms with E-state index in [1.165, 1.54) is 5.06 Å². The van der Waals surface area contributed by atoms with Crippen LogP contribution >= 0.6 is 0 Å². The number of amides is 4. The molecule has 0 aromatic rings. The van der Waals surface area contributed by atoms with Crippen LogP contribution in [0.1, 0.15) is 32.6 Å². The van der Waals surface area contributed by atoms with E-state index < -0.39 is 11.6 Å². The molecule has 110 valence electrons. The predicted octanol–water partition coefficient (Wildman–Crippen LogP) is 0.261. The van der Waals surface area contributed by atoms with Crippen LogP contribution < -0.4 is 5.32 Å². The van der Waals surface area contributed by atoms with Gasteiger partial charge in [-0.3, -0.25) is 19.3 Å². The van der Waals surface area contributed by atoms with Gasteiger partial charge in [-0.05, 0) is 38.5 Å². The third kappa shape index (κ3) is 2.15. The molecule has 3 fully saturated rings. The van der Waals surface area contributed by atoms with Crippen LogP contribution in [0.15, 0.2) is 0 Å². The molecule has 0 radical (unpaired) electrons. The summed E-state index contributed by atoms with van der Waals surface area (Å²) in [7, 11) is 0. The summed E-state index contributed by atoms with van der Waals surface area (Å²) in [5.74, 6) is -0.436. The molecule has 1 unspecified atom stereocenters. The molecule has 0 bridgehead atoms. The topological polar surface area (TPSA) is 79.0 Å². The van der Waals surface area contributed by atoms with Crippen LogP contribution in [0, 0.1) is 5.92 Å². The highest BCUT2D eigenvalue weighted by atomic mass is 16.7. The van der Waals surface area contributed by atoms with Crippen LogP contribution in [0.4, 0.5) is 4.79 Å². The molecule has 0 aromatic carbocycles. The van der Waals surface area contributed by atoms with E-state index in [1.54, 1.807) is 6.92 Å². The number of hydrogen-bond acceptors (Lipinski definition) is 4. The fraction of sp³-hybridized carbons (Fsp3) is 0.769. The average Bonchev–Trinajstić information content (AvgIpc) is 3.26. The van der Waals surface area contributed by atoms with Gasteiger partial charge in [-0.15, -0.1) is 0 Å². The number of nitrogens with zero attached hydrogens (tertiary/aromatic N) is 2. The molecule has 4 amide bonds. The summed E-state index contributed by atoms with van der Waals surface area (Å²) in [6, 6.07) is -0.477. The monoisotopic (exact) mass is 281 g/mol. The molecular formula is C13H19N3O4. The zero-order chi connectivity index (χ0) is 14.3.